The zero-order valence-electron chi connectivity index (χ0n) is 15.3. The monoisotopic (exact) mass is 384 g/mol. The molecule has 4 nitrogen and oxygen atoms in total. The molecular weight excluding hydrogens is 363 g/mol. The molecule has 1 aromatic heterocycles. The van der Waals surface area contributed by atoms with Gasteiger partial charge >= 0.3 is 0 Å². The summed E-state index contributed by atoms with van der Waals surface area (Å²) >= 11 is 1.41. The van der Waals surface area contributed by atoms with Gasteiger partial charge in [-0.1, -0.05) is 24.3 Å². The number of hydrogen-bond donors (Lipinski definition) is 1. The van der Waals surface area contributed by atoms with E-state index in [0.717, 1.165) is 21.9 Å². The average molecular weight is 384 g/mol. The van der Waals surface area contributed by atoms with Crippen LogP contribution >= 0.6 is 11.3 Å². The number of carbonyl (C=O) groups excluding carboxylic acids is 1. The smallest absolute Gasteiger partial charge is 0.220 e. The Morgan fingerprint density at radius 1 is 1.19 bits per heavy atom. The Bertz CT molecular complexity index is 922. The summed E-state index contributed by atoms with van der Waals surface area (Å²) < 4.78 is 19.1. The third-order valence-electron chi connectivity index (χ3n) is 4.24. The van der Waals surface area contributed by atoms with Gasteiger partial charge < -0.3 is 10.1 Å². The van der Waals surface area contributed by atoms with E-state index in [0.29, 0.717) is 30.0 Å². The topological polar surface area (TPSA) is 51.2 Å². The van der Waals surface area contributed by atoms with Crippen LogP contribution < -0.4 is 10.1 Å². The second kappa shape index (κ2) is 8.77. The maximum atomic E-state index is 13.9. The van der Waals surface area contributed by atoms with Crippen molar-refractivity contribution in [1.29, 1.82) is 0 Å². The first-order valence-electron chi connectivity index (χ1n) is 8.67. The van der Waals surface area contributed by atoms with Crippen LogP contribution in [0.25, 0.3) is 10.6 Å². The number of nitrogens with zero attached hydrogens (tertiary/aromatic N) is 1. The molecule has 1 N–H and O–H groups in total. The fourth-order valence-corrected chi connectivity index (χ4v) is 3.69. The van der Waals surface area contributed by atoms with Crippen molar-refractivity contribution in [2.75, 3.05) is 7.11 Å². The van der Waals surface area contributed by atoms with Crippen molar-refractivity contribution in [2.45, 2.75) is 26.3 Å². The molecule has 3 aromatic rings. The van der Waals surface area contributed by atoms with E-state index in [9.17, 15) is 9.18 Å². The summed E-state index contributed by atoms with van der Waals surface area (Å²) in [7, 11) is 1.63. The van der Waals surface area contributed by atoms with Gasteiger partial charge in [-0.15, -0.1) is 11.3 Å². The van der Waals surface area contributed by atoms with E-state index in [-0.39, 0.29) is 11.7 Å². The van der Waals surface area contributed by atoms with E-state index in [1.54, 1.807) is 25.3 Å². The van der Waals surface area contributed by atoms with Crippen LogP contribution in [0.4, 0.5) is 4.39 Å². The number of aryl methyl sites for hydroxylation is 2. The first-order chi connectivity index (χ1) is 13.1. The largest absolute Gasteiger partial charge is 0.497 e. The van der Waals surface area contributed by atoms with E-state index in [2.05, 4.69) is 10.3 Å². The minimum atomic E-state index is -0.290. The molecule has 0 aliphatic rings. The average Bonchev–Trinajstić information content (AvgIpc) is 3.06. The number of carbonyl (C=O) groups is 1. The third kappa shape index (κ3) is 4.92. The second-order valence-corrected chi connectivity index (χ2v) is 7.22. The lowest BCUT2D eigenvalue weighted by Crippen LogP contribution is -2.22. The fraction of sp³-hybridized carbons (Fsp3) is 0.238. The summed E-state index contributed by atoms with van der Waals surface area (Å²) in [4.78, 5) is 17.5. The van der Waals surface area contributed by atoms with E-state index >= 15 is 0 Å². The Balaban J connectivity index is 1.55. The van der Waals surface area contributed by atoms with Crippen LogP contribution in [0, 0.1) is 12.7 Å². The number of benzene rings is 2. The van der Waals surface area contributed by atoms with Gasteiger partial charge in [0.05, 0.1) is 19.3 Å². The summed E-state index contributed by atoms with van der Waals surface area (Å²) in [5.41, 5.74) is 2.39. The summed E-state index contributed by atoms with van der Waals surface area (Å²) in [5, 5.41) is 3.56. The molecule has 27 heavy (non-hydrogen) atoms. The Kier molecular flexibility index (Phi) is 6.19. The number of halogens is 1. The van der Waals surface area contributed by atoms with Crippen LogP contribution in [0.15, 0.2) is 48.5 Å². The van der Waals surface area contributed by atoms with Crippen LogP contribution in [0.5, 0.6) is 5.75 Å². The van der Waals surface area contributed by atoms with Crippen molar-refractivity contribution < 1.29 is 13.9 Å². The van der Waals surface area contributed by atoms with E-state index in [1.807, 2.05) is 31.2 Å². The van der Waals surface area contributed by atoms with Crippen molar-refractivity contribution >= 4 is 17.2 Å². The maximum absolute atomic E-state index is 13.9. The maximum Gasteiger partial charge on any atom is 0.220 e. The molecule has 0 unspecified atom stereocenters. The number of amides is 1. The van der Waals surface area contributed by atoms with Crippen molar-refractivity contribution in [3.8, 4) is 16.3 Å². The van der Waals surface area contributed by atoms with E-state index in [1.165, 1.54) is 17.4 Å². The molecule has 6 heteroatoms. The Labute approximate surface area is 162 Å². The zero-order chi connectivity index (χ0) is 19.2. The summed E-state index contributed by atoms with van der Waals surface area (Å²) in [6, 6.07) is 14.3. The van der Waals surface area contributed by atoms with Gasteiger partial charge in [-0.25, -0.2) is 9.37 Å². The van der Waals surface area contributed by atoms with Gasteiger partial charge in [0.2, 0.25) is 5.91 Å². The van der Waals surface area contributed by atoms with Crippen molar-refractivity contribution in [2.24, 2.45) is 0 Å². The normalized spacial score (nSPS) is 10.6. The van der Waals surface area contributed by atoms with Gasteiger partial charge in [0.15, 0.2) is 0 Å². The summed E-state index contributed by atoms with van der Waals surface area (Å²) in [5.74, 6) is 0.488. The molecule has 0 fully saturated rings. The van der Waals surface area contributed by atoms with E-state index < -0.39 is 0 Å². The predicted molar refractivity (Wildman–Crippen MR) is 105 cm³/mol. The number of rotatable bonds is 7. The number of thiazole rings is 1. The number of nitrogens with one attached hydrogen (secondary N) is 1. The number of aromatic nitrogens is 1. The number of hydrogen-bond acceptors (Lipinski definition) is 4. The first kappa shape index (κ1) is 19.0. The van der Waals surface area contributed by atoms with Gasteiger partial charge in [-0.05, 0) is 43.2 Å². The van der Waals surface area contributed by atoms with Gasteiger partial charge in [0.1, 0.15) is 16.6 Å². The number of methoxy groups -OCH3 is 1. The molecule has 0 saturated heterocycles. The Morgan fingerprint density at radius 2 is 1.93 bits per heavy atom. The molecule has 3 rings (SSSR count). The van der Waals surface area contributed by atoms with Crippen LogP contribution in [-0.4, -0.2) is 18.0 Å². The van der Waals surface area contributed by atoms with Crippen LogP contribution in [0.2, 0.25) is 0 Å². The summed E-state index contributed by atoms with van der Waals surface area (Å²) in [6.07, 6.45) is 1.07. The van der Waals surface area contributed by atoms with Crippen molar-refractivity contribution in [3.05, 3.63) is 70.5 Å². The quantitative estimate of drug-likeness (QED) is 0.652. The van der Waals surface area contributed by atoms with Gasteiger partial charge in [0.25, 0.3) is 0 Å². The second-order valence-electron chi connectivity index (χ2n) is 6.13. The highest BCUT2D eigenvalue weighted by atomic mass is 32.1. The lowest BCUT2D eigenvalue weighted by Gasteiger charge is -2.05. The Morgan fingerprint density at radius 3 is 2.63 bits per heavy atom. The van der Waals surface area contributed by atoms with Crippen LogP contribution in [0.1, 0.15) is 22.6 Å². The molecule has 1 heterocycles. The predicted octanol–water partition coefficient (Wildman–Crippen LogP) is 4.52. The fourth-order valence-electron chi connectivity index (χ4n) is 2.66. The molecule has 0 aliphatic heterocycles. The molecule has 0 spiro atoms. The minimum absolute atomic E-state index is 0.0222. The van der Waals surface area contributed by atoms with Crippen LogP contribution in [-0.2, 0) is 17.8 Å². The molecule has 140 valence electrons. The van der Waals surface area contributed by atoms with Crippen molar-refractivity contribution in [3.63, 3.8) is 0 Å². The minimum Gasteiger partial charge on any atom is -0.497 e. The van der Waals surface area contributed by atoms with Gasteiger partial charge in [-0.3, -0.25) is 4.79 Å². The molecule has 0 aliphatic carbocycles. The highest BCUT2D eigenvalue weighted by molar-refractivity contribution is 7.15. The molecular formula is C21H21FN2O2S. The molecule has 0 radical (unpaired) electrons. The molecule has 1 amide bonds. The molecule has 0 saturated carbocycles. The highest BCUT2D eigenvalue weighted by Gasteiger charge is 2.13. The lowest BCUT2D eigenvalue weighted by atomic mass is 10.1. The molecule has 0 bridgehead atoms. The van der Waals surface area contributed by atoms with Gasteiger partial charge in [0, 0.05) is 16.9 Å². The standard InChI is InChI=1S/C21H21FN2O2S/c1-14-19(27-21(24-14)17-5-3-4-6-18(17)22)13-23-20(25)12-9-15-7-10-16(26-2)11-8-15/h3-8,10-11H,9,12-13H2,1-2H3,(H,23,25). The third-order valence-corrected chi connectivity index (χ3v) is 5.43. The molecule has 2 aromatic carbocycles. The summed E-state index contributed by atoms with van der Waals surface area (Å²) in [6.45, 7) is 2.28. The molecule has 0 atom stereocenters. The zero-order valence-corrected chi connectivity index (χ0v) is 16.1. The number of ether oxygens (including phenoxy) is 1. The Hall–Kier alpha value is -2.73. The SMILES string of the molecule is COc1ccc(CCC(=O)NCc2sc(-c3ccccc3F)nc2C)cc1. The first-order valence-corrected chi connectivity index (χ1v) is 9.49. The van der Waals surface area contributed by atoms with Crippen molar-refractivity contribution in [1.82, 2.24) is 10.3 Å². The van der Waals surface area contributed by atoms with E-state index in [4.69, 9.17) is 4.74 Å². The van der Waals surface area contributed by atoms with Gasteiger partial charge in [-0.2, -0.15) is 0 Å². The highest BCUT2D eigenvalue weighted by Crippen LogP contribution is 2.29. The van der Waals surface area contributed by atoms with Crippen LogP contribution in [0.3, 0.4) is 0 Å². The lowest BCUT2D eigenvalue weighted by molar-refractivity contribution is -0.121.